The van der Waals surface area contributed by atoms with Gasteiger partial charge < -0.3 is 4.48 Å². The summed E-state index contributed by atoms with van der Waals surface area (Å²) in [6.45, 7) is 3.77. The zero-order valence-corrected chi connectivity index (χ0v) is 19.6. The van der Waals surface area contributed by atoms with E-state index in [2.05, 4.69) is 28.1 Å². The third-order valence-electron chi connectivity index (χ3n) is 5.19. The average Bonchev–Trinajstić information content (AvgIpc) is 2.63. The molecule has 0 fully saturated rings. The van der Waals surface area contributed by atoms with Crippen molar-refractivity contribution in [3.63, 3.8) is 0 Å². The summed E-state index contributed by atoms with van der Waals surface area (Å²) in [5, 5.41) is 0. The van der Waals surface area contributed by atoms with Crippen LogP contribution in [0.1, 0.15) is 116 Å². The van der Waals surface area contributed by atoms with Gasteiger partial charge in [-0.3, -0.25) is 4.89 Å². The summed E-state index contributed by atoms with van der Waals surface area (Å²) in [7, 11) is 6.42. The molecule has 0 N–H and O–H groups in total. The van der Waals surface area contributed by atoms with Crippen molar-refractivity contribution in [2.75, 3.05) is 34.3 Å². The van der Waals surface area contributed by atoms with Gasteiger partial charge in [0, 0.05) is 12.8 Å². The highest BCUT2D eigenvalue weighted by Gasteiger charge is 2.07. The van der Waals surface area contributed by atoms with Crippen LogP contribution in [-0.2, 0) is 14.6 Å². The molecule has 0 aliphatic rings. The maximum absolute atomic E-state index is 11.6. The molecule has 0 bridgehead atoms. The summed E-state index contributed by atoms with van der Waals surface area (Å²) in [6.07, 6.45) is 21.4. The third kappa shape index (κ3) is 23.4. The molecule has 168 valence electrons. The number of rotatable bonds is 21. The molecule has 0 aliphatic heterocycles. The number of nitrogens with zero attached hydrogens (tertiary/aromatic N) is 1. The fraction of sp³-hybridized carbons (Fsp3) is 0.958. The van der Waals surface area contributed by atoms with E-state index in [4.69, 9.17) is 9.78 Å². The molecule has 0 saturated carbocycles. The zero-order valence-electron chi connectivity index (χ0n) is 19.6. The normalized spacial score (nSPS) is 11.7. The molecular formula is C24H50NO3+. The lowest BCUT2D eigenvalue weighted by Crippen LogP contribution is -2.35. The van der Waals surface area contributed by atoms with Crippen LogP contribution >= 0.6 is 0 Å². The van der Waals surface area contributed by atoms with E-state index in [0.29, 0.717) is 13.0 Å². The molecule has 0 saturated heterocycles. The monoisotopic (exact) mass is 400 g/mol. The minimum Gasteiger partial charge on any atom is -0.331 e. The number of hydrogen-bond acceptors (Lipinski definition) is 3. The number of carbonyl (C=O) groups excluding carboxylic acids is 1. The summed E-state index contributed by atoms with van der Waals surface area (Å²) >= 11 is 0. The van der Waals surface area contributed by atoms with Gasteiger partial charge in [0.1, 0.15) is 0 Å². The van der Waals surface area contributed by atoms with E-state index in [9.17, 15) is 4.79 Å². The SMILES string of the molecule is CCCCCCCCCCCCCCCCCC(=O)OOCCC[N+](C)(C)C. The molecular weight excluding hydrogens is 350 g/mol. The van der Waals surface area contributed by atoms with Gasteiger partial charge in [-0.25, -0.2) is 4.79 Å². The van der Waals surface area contributed by atoms with Crippen LogP contribution in [0.25, 0.3) is 0 Å². The summed E-state index contributed by atoms with van der Waals surface area (Å²) in [6, 6.07) is 0. The van der Waals surface area contributed by atoms with E-state index in [1.54, 1.807) is 0 Å². The van der Waals surface area contributed by atoms with Gasteiger partial charge in [0.25, 0.3) is 0 Å². The first-order chi connectivity index (χ1) is 13.5. The van der Waals surface area contributed by atoms with E-state index in [0.717, 1.165) is 30.3 Å². The smallest absolute Gasteiger partial charge is 0.331 e. The lowest BCUT2D eigenvalue weighted by molar-refractivity contribution is -0.870. The summed E-state index contributed by atoms with van der Waals surface area (Å²) in [5.74, 6) is -0.222. The summed E-state index contributed by atoms with van der Waals surface area (Å²) < 4.78 is 0.899. The van der Waals surface area contributed by atoms with Crippen molar-refractivity contribution in [2.45, 2.75) is 116 Å². The predicted molar refractivity (Wildman–Crippen MR) is 119 cm³/mol. The summed E-state index contributed by atoms with van der Waals surface area (Å²) in [5.41, 5.74) is 0. The molecule has 0 radical (unpaired) electrons. The Hall–Kier alpha value is -0.610. The van der Waals surface area contributed by atoms with Crippen molar-refractivity contribution in [3.8, 4) is 0 Å². The molecule has 0 amide bonds. The molecule has 0 atom stereocenters. The van der Waals surface area contributed by atoms with Crippen LogP contribution in [0.3, 0.4) is 0 Å². The molecule has 0 aromatic rings. The Morgan fingerprint density at radius 3 is 1.50 bits per heavy atom. The maximum atomic E-state index is 11.6. The molecule has 0 aromatic carbocycles. The van der Waals surface area contributed by atoms with E-state index in [-0.39, 0.29) is 5.97 Å². The van der Waals surface area contributed by atoms with Gasteiger partial charge in [-0.15, -0.1) is 0 Å². The van der Waals surface area contributed by atoms with E-state index in [1.807, 2.05) is 0 Å². The van der Waals surface area contributed by atoms with Crippen LogP contribution < -0.4 is 0 Å². The molecule has 0 unspecified atom stereocenters. The van der Waals surface area contributed by atoms with Gasteiger partial charge in [0.2, 0.25) is 0 Å². The number of quaternary nitrogens is 1. The van der Waals surface area contributed by atoms with Crippen molar-refractivity contribution in [1.29, 1.82) is 0 Å². The Kier molecular flexibility index (Phi) is 19.3. The highest BCUT2D eigenvalue weighted by atomic mass is 17.2. The van der Waals surface area contributed by atoms with Crippen molar-refractivity contribution < 1.29 is 19.1 Å². The molecule has 0 aromatic heterocycles. The van der Waals surface area contributed by atoms with Crippen LogP contribution in [0.5, 0.6) is 0 Å². The Labute approximate surface area is 175 Å². The van der Waals surface area contributed by atoms with E-state index in [1.165, 1.54) is 83.5 Å². The third-order valence-corrected chi connectivity index (χ3v) is 5.19. The Morgan fingerprint density at radius 2 is 1.07 bits per heavy atom. The fourth-order valence-corrected chi connectivity index (χ4v) is 3.39. The van der Waals surface area contributed by atoms with E-state index >= 15 is 0 Å². The second kappa shape index (κ2) is 19.7. The Balaban J connectivity index is 3.17. The first-order valence-electron chi connectivity index (χ1n) is 12.1. The number of hydrogen-bond donors (Lipinski definition) is 0. The lowest BCUT2D eigenvalue weighted by atomic mass is 10.0. The molecule has 0 aliphatic carbocycles. The first-order valence-corrected chi connectivity index (χ1v) is 12.1. The van der Waals surface area contributed by atoms with Gasteiger partial charge in [-0.2, -0.15) is 4.89 Å². The van der Waals surface area contributed by atoms with Crippen LogP contribution in [0.2, 0.25) is 0 Å². The largest absolute Gasteiger partial charge is 0.342 e. The molecule has 0 spiro atoms. The molecule has 4 nitrogen and oxygen atoms in total. The average molecular weight is 401 g/mol. The topological polar surface area (TPSA) is 35.5 Å². The van der Waals surface area contributed by atoms with Gasteiger partial charge in [-0.05, 0) is 6.42 Å². The highest BCUT2D eigenvalue weighted by molar-refractivity contribution is 5.68. The van der Waals surface area contributed by atoms with Gasteiger partial charge in [-0.1, -0.05) is 96.8 Å². The van der Waals surface area contributed by atoms with Crippen molar-refractivity contribution in [2.24, 2.45) is 0 Å². The maximum Gasteiger partial charge on any atom is 0.342 e. The van der Waals surface area contributed by atoms with Crippen LogP contribution in [0, 0.1) is 0 Å². The van der Waals surface area contributed by atoms with Gasteiger partial charge in [0.05, 0.1) is 34.3 Å². The number of unbranched alkanes of at least 4 members (excludes halogenated alkanes) is 14. The second-order valence-corrected chi connectivity index (χ2v) is 9.34. The predicted octanol–water partition coefficient (Wildman–Crippen LogP) is 6.82. The lowest BCUT2D eigenvalue weighted by Gasteiger charge is -2.23. The van der Waals surface area contributed by atoms with E-state index < -0.39 is 0 Å². The van der Waals surface area contributed by atoms with Crippen LogP contribution in [-0.4, -0.2) is 44.7 Å². The zero-order chi connectivity index (χ0) is 20.9. The first kappa shape index (κ1) is 27.4. The quantitative estimate of drug-likeness (QED) is 0.0917. The second-order valence-electron chi connectivity index (χ2n) is 9.34. The van der Waals surface area contributed by atoms with Crippen LogP contribution in [0.15, 0.2) is 0 Å². The number of carbonyl (C=O) groups is 1. The molecule has 4 heteroatoms. The van der Waals surface area contributed by atoms with Gasteiger partial charge >= 0.3 is 5.97 Å². The van der Waals surface area contributed by atoms with Crippen molar-refractivity contribution in [3.05, 3.63) is 0 Å². The Morgan fingerprint density at radius 1 is 0.643 bits per heavy atom. The summed E-state index contributed by atoms with van der Waals surface area (Å²) in [4.78, 5) is 21.4. The molecule has 0 rings (SSSR count). The van der Waals surface area contributed by atoms with Crippen molar-refractivity contribution in [1.82, 2.24) is 0 Å². The van der Waals surface area contributed by atoms with Crippen LogP contribution in [0.4, 0.5) is 0 Å². The van der Waals surface area contributed by atoms with Gasteiger partial charge in [0.15, 0.2) is 0 Å². The van der Waals surface area contributed by atoms with Crippen molar-refractivity contribution >= 4 is 5.97 Å². The molecule has 28 heavy (non-hydrogen) atoms. The fourth-order valence-electron chi connectivity index (χ4n) is 3.39. The Bertz CT molecular complexity index is 339. The molecule has 0 heterocycles. The minimum atomic E-state index is -0.222. The highest BCUT2D eigenvalue weighted by Crippen LogP contribution is 2.13. The standard InChI is InChI=1S/C24H50NO3/c1-5-6-7-8-9-10-11-12-13-14-15-16-17-18-19-21-24(26)28-27-23-20-22-25(2,3)4/h5-23H2,1-4H3/q+1. The minimum absolute atomic E-state index is 0.222.